The maximum absolute atomic E-state index is 9.02. The molecule has 1 aromatic heterocycles. The second-order valence-electron chi connectivity index (χ2n) is 8.67. The molecule has 0 radical (unpaired) electrons. The van der Waals surface area contributed by atoms with Crippen molar-refractivity contribution >= 4 is 22.6 Å². The molecule has 1 saturated carbocycles. The lowest BCUT2D eigenvalue weighted by Crippen LogP contribution is -2.15. The van der Waals surface area contributed by atoms with Gasteiger partial charge in [0.15, 0.2) is 0 Å². The van der Waals surface area contributed by atoms with Gasteiger partial charge in [-0.1, -0.05) is 54.8 Å². The van der Waals surface area contributed by atoms with Crippen LogP contribution in [0.25, 0.3) is 22.4 Å². The Morgan fingerprint density at radius 1 is 0.909 bits per heavy atom. The second-order valence-corrected chi connectivity index (χ2v) is 9.10. The zero-order valence-electron chi connectivity index (χ0n) is 18.4. The van der Waals surface area contributed by atoms with Crippen LogP contribution in [0.3, 0.4) is 0 Å². The summed E-state index contributed by atoms with van der Waals surface area (Å²) < 4.78 is 2.38. The molecule has 0 amide bonds. The van der Waals surface area contributed by atoms with Gasteiger partial charge >= 0.3 is 0 Å². The monoisotopic (exact) mass is 449 g/mol. The van der Waals surface area contributed by atoms with E-state index in [0.717, 1.165) is 34.6 Å². The Bertz CT molecular complexity index is 1390. The van der Waals surface area contributed by atoms with Gasteiger partial charge in [0.2, 0.25) is 0 Å². The highest BCUT2D eigenvalue weighted by Crippen LogP contribution is 2.32. The first kappa shape index (κ1) is 21.3. The highest BCUT2D eigenvalue weighted by Gasteiger charge is 2.20. The van der Waals surface area contributed by atoms with E-state index in [1.807, 2.05) is 36.4 Å². The normalized spacial score (nSPS) is 13.9. The average Bonchev–Trinajstić information content (AvgIpc) is 3.22. The predicted octanol–water partition coefficient (Wildman–Crippen LogP) is 7.21. The summed E-state index contributed by atoms with van der Waals surface area (Å²) in [5, 5.41) is 9.67. The van der Waals surface area contributed by atoms with Crippen molar-refractivity contribution in [1.82, 2.24) is 9.55 Å². The fraction of sp³-hybridized carbons (Fsp3) is 0.241. The van der Waals surface area contributed by atoms with E-state index in [-0.39, 0.29) is 0 Å². The van der Waals surface area contributed by atoms with Crippen LogP contribution in [0.4, 0.5) is 0 Å². The second kappa shape index (κ2) is 9.53. The first-order chi connectivity index (χ1) is 16.2. The molecule has 33 heavy (non-hydrogen) atoms. The van der Waals surface area contributed by atoms with Crippen LogP contribution in [0.15, 0.2) is 66.7 Å². The molecule has 0 aliphatic heterocycles. The van der Waals surface area contributed by atoms with Crippen molar-refractivity contribution in [2.45, 2.75) is 38.6 Å². The standard InChI is InChI=1S/C29H24ClN3/c30-25-16-17-26(24(18-25)15-14-21-10-12-22(19-31)13-11-21)29-32-27-8-4-5-9-28(27)33(29)20-23-6-2-1-3-7-23/h4-5,8-13,16-18,23H,1-3,6-7,20H2. The number of nitriles is 1. The molecule has 3 nitrogen and oxygen atoms in total. The SMILES string of the molecule is N#Cc1ccc(C#Cc2cc(Cl)ccc2-c2nc3ccccc3n2CC2CCCCC2)cc1. The van der Waals surface area contributed by atoms with E-state index >= 15 is 0 Å². The van der Waals surface area contributed by atoms with Crippen molar-refractivity contribution < 1.29 is 0 Å². The number of rotatable bonds is 3. The molecule has 1 aliphatic carbocycles. The van der Waals surface area contributed by atoms with Gasteiger partial charge in [-0.3, -0.25) is 0 Å². The lowest BCUT2D eigenvalue weighted by Gasteiger charge is -2.23. The van der Waals surface area contributed by atoms with Gasteiger partial charge in [-0.25, -0.2) is 4.98 Å². The Balaban J connectivity index is 1.59. The smallest absolute Gasteiger partial charge is 0.142 e. The summed E-state index contributed by atoms with van der Waals surface area (Å²) in [5.41, 5.74) is 5.50. The minimum atomic E-state index is 0.625. The number of para-hydroxylation sites is 2. The molecule has 0 saturated heterocycles. The van der Waals surface area contributed by atoms with Crippen LogP contribution in [0.2, 0.25) is 5.02 Å². The molecule has 1 aliphatic rings. The fourth-order valence-corrected chi connectivity index (χ4v) is 4.85. The highest BCUT2D eigenvalue weighted by molar-refractivity contribution is 6.30. The first-order valence-electron chi connectivity index (χ1n) is 11.5. The summed E-state index contributed by atoms with van der Waals surface area (Å²) in [6, 6.07) is 23.7. The first-order valence-corrected chi connectivity index (χ1v) is 11.9. The summed E-state index contributed by atoms with van der Waals surface area (Å²) in [5.74, 6) is 8.16. The largest absolute Gasteiger partial charge is 0.324 e. The lowest BCUT2D eigenvalue weighted by atomic mass is 9.89. The molecule has 3 aromatic carbocycles. The van der Waals surface area contributed by atoms with Crippen molar-refractivity contribution in [3.63, 3.8) is 0 Å². The van der Waals surface area contributed by atoms with Gasteiger partial charge in [0.1, 0.15) is 5.82 Å². The minimum Gasteiger partial charge on any atom is -0.324 e. The van der Waals surface area contributed by atoms with Crippen molar-refractivity contribution in [2.24, 2.45) is 5.92 Å². The van der Waals surface area contributed by atoms with Gasteiger partial charge < -0.3 is 4.57 Å². The lowest BCUT2D eigenvalue weighted by molar-refractivity contribution is 0.323. The van der Waals surface area contributed by atoms with Gasteiger partial charge in [-0.2, -0.15) is 5.26 Å². The quantitative estimate of drug-likeness (QED) is 0.310. The van der Waals surface area contributed by atoms with Gasteiger partial charge in [-0.05, 0) is 73.4 Å². The number of halogens is 1. The minimum absolute atomic E-state index is 0.625. The summed E-state index contributed by atoms with van der Waals surface area (Å²) in [6.45, 7) is 0.973. The van der Waals surface area contributed by atoms with E-state index in [1.165, 1.54) is 37.6 Å². The van der Waals surface area contributed by atoms with Gasteiger partial charge in [0.05, 0.1) is 22.7 Å². The molecule has 4 heteroatoms. The molecule has 1 heterocycles. The Morgan fingerprint density at radius 3 is 2.45 bits per heavy atom. The molecule has 5 rings (SSSR count). The van der Waals surface area contributed by atoms with Crippen LogP contribution < -0.4 is 0 Å². The fourth-order valence-electron chi connectivity index (χ4n) is 4.68. The van der Waals surface area contributed by atoms with Crippen molar-refractivity contribution in [3.05, 3.63) is 88.4 Å². The van der Waals surface area contributed by atoms with Crippen molar-refractivity contribution in [3.8, 4) is 29.3 Å². The predicted molar refractivity (Wildman–Crippen MR) is 134 cm³/mol. The van der Waals surface area contributed by atoms with Gasteiger partial charge in [0.25, 0.3) is 0 Å². The molecule has 0 unspecified atom stereocenters. The Labute approximate surface area is 199 Å². The van der Waals surface area contributed by atoms with Gasteiger partial charge in [-0.15, -0.1) is 0 Å². The highest BCUT2D eigenvalue weighted by atomic mass is 35.5. The van der Waals surface area contributed by atoms with Gasteiger partial charge in [0, 0.05) is 28.3 Å². The zero-order valence-corrected chi connectivity index (χ0v) is 19.1. The van der Waals surface area contributed by atoms with Crippen molar-refractivity contribution in [2.75, 3.05) is 0 Å². The van der Waals surface area contributed by atoms with E-state index in [2.05, 4.69) is 40.7 Å². The van der Waals surface area contributed by atoms with Crippen molar-refractivity contribution in [1.29, 1.82) is 5.26 Å². The van der Waals surface area contributed by atoms with E-state index in [4.69, 9.17) is 21.8 Å². The maximum atomic E-state index is 9.02. The molecule has 0 spiro atoms. The number of nitrogens with zero attached hydrogens (tertiary/aromatic N) is 3. The summed E-state index contributed by atoms with van der Waals surface area (Å²) in [4.78, 5) is 5.03. The Kier molecular flexibility index (Phi) is 6.16. The van der Waals surface area contributed by atoms with Crippen LogP contribution in [-0.4, -0.2) is 9.55 Å². The van der Waals surface area contributed by atoms with Crippen LogP contribution >= 0.6 is 11.6 Å². The average molecular weight is 450 g/mol. The van der Waals surface area contributed by atoms with E-state index in [1.54, 1.807) is 12.1 Å². The van der Waals surface area contributed by atoms with Crippen LogP contribution in [0, 0.1) is 29.1 Å². The zero-order chi connectivity index (χ0) is 22.6. The molecule has 0 atom stereocenters. The Morgan fingerprint density at radius 2 is 1.67 bits per heavy atom. The third-order valence-electron chi connectivity index (χ3n) is 6.40. The van der Waals surface area contributed by atoms with E-state index < -0.39 is 0 Å². The number of hydrogen-bond donors (Lipinski definition) is 0. The molecule has 0 N–H and O–H groups in total. The van der Waals surface area contributed by atoms with Crippen LogP contribution in [0.1, 0.15) is 48.8 Å². The van der Waals surface area contributed by atoms with Crippen LogP contribution in [0.5, 0.6) is 0 Å². The molecule has 4 aromatic rings. The number of imidazole rings is 1. The summed E-state index contributed by atoms with van der Waals surface area (Å²) in [7, 11) is 0. The number of aromatic nitrogens is 2. The molecule has 1 fully saturated rings. The number of fused-ring (bicyclic) bond motifs is 1. The topological polar surface area (TPSA) is 41.6 Å². The number of benzene rings is 3. The molecule has 162 valence electrons. The van der Waals surface area contributed by atoms with E-state index in [0.29, 0.717) is 16.5 Å². The third kappa shape index (κ3) is 4.65. The molecule has 0 bridgehead atoms. The molecular weight excluding hydrogens is 426 g/mol. The van der Waals surface area contributed by atoms with E-state index in [9.17, 15) is 0 Å². The third-order valence-corrected chi connectivity index (χ3v) is 6.63. The molecular formula is C29H24ClN3. The Hall–Kier alpha value is -3.53. The summed E-state index contributed by atoms with van der Waals surface area (Å²) in [6.07, 6.45) is 6.53. The number of hydrogen-bond acceptors (Lipinski definition) is 2. The maximum Gasteiger partial charge on any atom is 0.142 e. The summed E-state index contributed by atoms with van der Waals surface area (Å²) >= 11 is 6.37. The van der Waals surface area contributed by atoms with Crippen LogP contribution in [-0.2, 0) is 6.54 Å².